The fourth-order valence-electron chi connectivity index (χ4n) is 6.40. The summed E-state index contributed by atoms with van der Waals surface area (Å²) in [4.78, 5) is 87.9. The quantitative estimate of drug-likeness (QED) is 0.185. The van der Waals surface area contributed by atoms with Gasteiger partial charge < -0.3 is 34.6 Å². The van der Waals surface area contributed by atoms with Gasteiger partial charge >= 0.3 is 43.0 Å². The number of rotatable bonds is 12. The summed E-state index contributed by atoms with van der Waals surface area (Å²) in [6.07, 6.45) is 6.01. The first kappa shape index (κ1) is 52.3. The van der Waals surface area contributed by atoms with Crippen LogP contribution in [0.3, 0.4) is 0 Å². The molecule has 4 rings (SSSR count). The first-order valence-corrected chi connectivity index (χ1v) is 19.5. The average molecular weight is 821 g/mol. The summed E-state index contributed by atoms with van der Waals surface area (Å²) in [5, 5.41) is 9.23. The molecule has 322 valence electrons. The Morgan fingerprint density at radius 3 is 1.47 bits per heavy atom. The number of carbonyl (C=O) groups is 6. The third-order valence-electron chi connectivity index (χ3n) is 9.03. The number of pyridine rings is 2. The van der Waals surface area contributed by atoms with Crippen LogP contribution in [0.25, 0.3) is 0 Å². The molecule has 2 aliphatic rings. The van der Waals surface area contributed by atoms with Gasteiger partial charge in [-0.1, -0.05) is 0 Å². The smallest absolute Gasteiger partial charge is 0.870 e. The molecule has 17 nitrogen and oxygen atoms in total. The molecule has 0 saturated carbocycles. The van der Waals surface area contributed by atoms with Crippen molar-refractivity contribution < 1.29 is 72.4 Å². The van der Waals surface area contributed by atoms with Crippen molar-refractivity contribution in [2.75, 3.05) is 43.1 Å². The van der Waals surface area contributed by atoms with E-state index < -0.39 is 41.4 Å². The van der Waals surface area contributed by atoms with E-state index in [2.05, 4.69) is 9.97 Å². The van der Waals surface area contributed by atoms with E-state index in [9.17, 15) is 33.9 Å². The van der Waals surface area contributed by atoms with Crippen molar-refractivity contribution in [2.24, 2.45) is 0 Å². The predicted octanol–water partition coefficient (Wildman–Crippen LogP) is 2.89. The molecule has 2 saturated heterocycles. The SMILES string of the molecule is COC(=O)[C@H]1CCCN1C(=O)CCCN(C(=O)OC(C)(C)C)c1cc(C)ccn1.Cc1ccnc(N(CCCC(=O)N2CCC[C@@H]2C(=O)O)C(=O)OC(C)(C)C)c1.[Li+].[OH-]. The molecule has 59 heavy (non-hydrogen) atoms. The third-order valence-corrected chi connectivity index (χ3v) is 9.03. The van der Waals surface area contributed by atoms with Gasteiger partial charge in [-0.3, -0.25) is 19.4 Å². The number of carboxylic acids is 1. The Morgan fingerprint density at radius 1 is 0.729 bits per heavy atom. The number of hydrogen-bond acceptors (Lipinski definition) is 12. The van der Waals surface area contributed by atoms with Crippen LogP contribution in [0.2, 0.25) is 0 Å². The van der Waals surface area contributed by atoms with Gasteiger partial charge in [0.1, 0.15) is 34.9 Å². The van der Waals surface area contributed by atoms with Crippen LogP contribution in [0, 0.1) is 13.8 Å². The van der Waals surface area contributed by atoms with Crippen molar-refractivity contribution in [3.8, 4) is 0 Å². The van der Waals surface area contributed by atoms with E-state index in [0.717, 1.165) is 17.5 Å². The molecule has 0 aromatic carbocycles. The zero-order valence-corrected chi connectivity index (χ0v) is 36.4. The van der Waals surface area contributed by atoms with Crippen molar-refractivity contribution in [2.45, 2.75) is 130 Å². The number of hydrogen-bond donors (Lipinski definition) is 1. The molecule has 0 spiro atoms. The predicted molar refractivity (Wildman–Crippen MR) is 215 cm³/mol. The van der Waals surface area contributed by atoms with Gasteiger partial charge in [-0.25, -0.2) is 29.1 Å². The van der Waals surface area contributed by atoms with Crippen LogP contribution in [-0.4, -0.2) is 123 Å². The Kier molecular flexibility index (Phi) is 21.1. The van der Waals surface area contributed by atoms with Gasteiger partial charge in [0.25, 0.3) is 0 Å². The van der Waals surface area contributed by atoms with Crippen LogP contribution in [0.1, 0.15) is 104 Å². The summed E-state index contributed by atoms with van der Waals surface area (Å²) in [6, 6.07) is 6.02. The molecular formula is C41H61LiN6O11. The molecule has 2 aromatic rings. The second-order valence-corrected chi connectivity index (χ2v) is 16.2. The van der Waals surface area contributed by atoms with Crippen LogP contribution >= 0.6 is 0 Å². The molecule has 2 aromatic heterocycles. The summed E-state index contributed by atoms with van der Waals surface area (Å²) < 4.78 is 15.8. The molecule has 0 bridgehead atoms. The van der Waals surface area contributed by atoms with E-state index >= 15 is 0 Å². The maximum Gasteiger partial charge on any atom is 1.00 e. The zero-order valence-electron chi connectivity index (χ0n) is 36.4. The molecule has 0 aliphatic carbocycles. The van der Waals surface area contributed by atoms with Crippen LogP contribution < -0.4 is 28.7 Å². The second-order valence-electron chi connectivity index (χ2n) is 16.2. The molecule has 2 N–H and O–H groups in total. The monoisotopic (exact) mass is 820 g/mol. The number of amides is 4. The van der Waals surface area contributed by atoms with Gasteiger partial charge in [0, 0.05) is 51.4 Å². The number of nitrogens with zero attached hydrogens (tertiary/aromatic N) is 6. The summed E-state index contributed by atoms with van der Waals surface area (Å²) in [5.74, 6) is -0.711. The van der Waals surface area contributed by atoms with Crippen molar-refractivity contribution in [3.63, 3.8) is 0 Å². The van der Waals surface area contributed by atoms with Crippen molar-refractivity contribution >= 4 is 47.6 Å². The van der Waals surface area contributed by atoms with Crippen molar-refractivity contribution in [1.29, 1.82) is 0 Å². The number of carboxylic acid groups (broad SMARTS) is 1. The van der Waals surface area contributed by atoms with Crippen molar-refractivity contribution in [3.05, 3.63) is 47.8 Å². The number of aliphatic carboxylic acids is 1. The van der Waals surface area contributed by atoms with E-state index in [-0.39, 0.29) is 68.1 Å². The minimum Gasteiger partial charge on any atom is -0.870 e. The number of ether oxygens (including phenoxy) is 3. The molecule has 4 heterocycles. The minimum absolute atomic E-state index is 0. The molecule has 2 aliphatic heterocycles. The summed E-state index contributed by atoms with van der Waals surface area (Å²) in [5.41, 5.74) is 0.631. The van der Waals surface area contributed by atoms with Gasteiger partial charge in [0.2, 0.25) is 11.8 Å². The third kappa shape index (κ3) is 16.8. The fourth-order valence-corrected chi connectivity index (χ4v) is 6.40. The first-order chi connectivity index (χ1) is 26.7. The largest absolute Gasteiger partial charge is 1.00 e. The Hall–Kier alpha value is -4.72. The number of carbonyl (C=O) groups excluding carboxylic acids is 5. The zero-order chi connectivity index (χ0) is 42.5. The summed E-state index contributed by atoms with van der Waals surface area (Å²) in [7, 11) is 1.33. The number of aryl methyl sites for hydroxylation is 2. The van der Waals surface area contributed by atoms with Gasteiger partial charge in [-0.2, -0.15) is 0 Å². The Bertz CT molecular complexity index is 1730. The molecule has 2 atom stereocenters. The average Bonchev–Trinajstić information content (AvgIpc) is 3.81. The van der Waals surface area contributed by atoms with Crippen molar-refractivity contribution in [1.82, 2.24) is 19.8 Å². The van der Waals surface area contributed by atoms with Gasteiger partial charge in [-0.15, -0.1) is 0 Å². The summed E-state index contributed by atoms with van der Waals surface area (Å²) >= 11 is 0. The number of anilines is 2. The van der Waals surface area contributed by atoms with Gasteiger partial charge in [0.15, 0.2) is 0 Å². The molecule has 2 fully saturated rings. The van der Waals surface area contributed by atoms with Crippen LogP contribution in [0.4, 0.5) is 21.2 Å². The fraction of sp³-hybridized carbons (Fsp3) is 0.610. The van der Waals surface area contributed by atoms with Gasteiger partial charge in [0.05, 0.1) is 7.11 Å². The number of aromatic nitrogens is 2. The number of methoxy groups -OCH3 is 1. The van der Waals surface area contributed by atoms with Crippen LogP contribution in [0.15, 0.2) is 36.7 Å². The molecule has 0 unspecified atom stereocenters. The van der Waals surface area contributed by atoms with E-state index in [1.54, 1.807) is 71.0 Å². The Balaban J connectivity index is 0.000000571. The maximum absolute atomic E-state index is 12.7. The van der Waals surface area contributed by atoms with Gasteiger partial charge in [-0.05, 0) is 129 Å². The molecule has 18 heteroatoms. The van der Waals surface area contributed by atoms with Crippen LogP contribution in [-0.2, 0) is 33.4 Å². The maximum atomic E-state index is 12.7. The Morgan fingerprint density at radius 2 is 1.12 bits per heavy atom. The van der Waals surface area contributed by atoms with E-state index in [0.29, 0.717) is 56.8 Å². The number of esters is 1. The minimum atomic E-state index is -0.967. The topological polar surface area (TPSA) is 219 Å². The molecule has 0 radical (unpaired) electrons. The summed E-state index contributed by atoms with van der Waals surface area (Å²) in [6.45, 7) is 16.1. The van der Waals surface area contributed by atoms with E-state index in [1.807, 2.05) is 26.0 Å². The van der Waals surface area contributed by atoms with E-state index in [1.165, 1.54) is 21.8 Å². The van der Waals surface area contributed by atoms with E-state index in [4.69, 9.17) is 14.2 Å². The van der Waals surface area contributed by atoms with Crippen LogP contribution in [0.5, 0.6) is 0 Å². The number of likely N-dealkylation sites (tertiary alicyclic amines) is 2. The Labute approximate surface area is 359 Å². The second kappa shape index (κ2) is 23.8. The normalized spacial score (nSPS) is 16.0. The molecule has 4 amide bonds. The first-order valence-electron chi connectivity index (χ1n) is 19.5. The standard InChI is InChI=1S/C21H31N3O5.C20H29N3O5.Li.H2O/c1-15-10-11-22-17(14-15)24(20(27)29-21(2,3)4)13-7-9-18(25)23-12-6-8-16(23)19(26)28-5;1-14-9-10-21-16(13-14)23(19(27)28-20(2,3)4)12-6-8-17(24)22-11-5-7-15(22)18(25)26;;/h10-11,14,16H,6-9,12-13H2,1-5H3;9-10,13,15H,5-8,11-12H2,1-4H3,(H,25,26);;1H2/q;;+1;/p-1/t16-;15-;;/m11../s1. The molecular weight excluding hydrogens is 759 g/mol.